The van der Waals surface area contributed by atoms with Crippen molar-refractivity contribution in [3.63, 3.8) is 0 Å². The summed E-state index contributed by atoms with van der Waals surface area (Å²) in [6.07, 6.45) is 1.31. The number of nitrogens with zero attached hydrogens (tertiary/aromatic N) is 1. The first-order valence-corrected chi connectivity index (χ1v) is 4.75. The average Bonchev–Trinajstić information content (AvgIpc) is 2.67. The maximum Gasteiger partial charge on any atom is 0.230 e. The lowest BCUT2D eigenvalue weighted by Crippen LogP contribution is -1.94. The zero-order chi connectivity index (χ0) is 11.7. The fourth-order valence-corrected chi connectivity index (χ4v) is 1.65. The van der Waals surface area contributed by atoms with E-state index in [0.717, 1.165) is 0 Å². The standard InChI is InChI=1S/C10H8ClFN2O2/c1-15-9-6(11)2-3-7(12)8(9)5-4-14-16-10(5)13/h2-4H,13H2,1H3. The molecule has 0 atom stereocenters. The monoisotopic (exact) mass is 242 g/mol. The summed E-state index contributed by atoms with van der Waals surface area (Å²) in [5.74, 6) is -0.285. The van der Waals surface area contributed by atoms with Gasteiger partial charge in [0.2, 0.25) is 5.88 Å². The minimum absolute atomic E-state index is 0.0134. The molecule has 2 rings (SSSR count). The van der Waals surface area contributed by atoms with Gasteiger partial charge in [-0.3, -0.25) is 0 Å². The molecular weight excluding hydrogens is 235 g/mol. The van der Waals surface area contributed by atoms with Gasteiger partial charge in [-0.25, -0.2) is 4.39 Å². The molecule has 84 valence electrons. The molecule has 6 heteroatoms. The van der Waals surface area contributed by atoms with E-state index in [1.165, 1.54) is 25.4 Å². The Balaban J connectivity index is 2.73. The first-order chi connectivity index (χ1) is 7.65. The Labute approximate surface area is 95.7 Å². The second-order valence-corrected chi connectivity index (χ2v) is 3.45. The maximum absolute atomic E-state index is 13.7. The van der Waals surface area contributed by atoms with E-state index in [0.29, 0.717) is 10.6 Å². The molecule has 0 amide bonds. The molecule has 4 nitrogen and oxygen atoms in total. The van der Waals surface area contributed by atoms with Crippen molar-refractivity contribution in [2.24, 2.45) is 0 Å². The molecule has 0 bridgehead atoms. The molecule has 1 heterocycles. The fraction of sp³-hybridized carbons (Fsp3) is 0.100. The SMILES string of the molecule is COc1c(Cl)ccc(F)c1-c1cnoc1N. The van der Waals surface area contributed by atoms with E-state index in [1.54, 1.807) is 0 Å². The van der Waals surface area contributed by atoms with E-state index < -0.39 is 5.82 Å². The molecule has 2 aromatic rings. The van der Waals surface area contributed by atoms with Crippen molar-refractivity contribution in [1.29, 1.82) is 0 Å². The van der Waals surface area contributed by atoms with Crippen LogP contribution < -0.4 is 10.5 Å². The largest absolute Gasteiger partial charge is 0.494 e. The number of nitrogens with two attached hydrogens (primary N) is 1. The lowest BCUT2D eigenvalue weighted by Gasteiger charge is -2.09. The van der Waals surface area contributed by atoms with Crippen molar-refractivity contribution in [3.05, 3.63) is 29.2 Å². The molecule has 0 aliphatic heterocycles. The van der Waals surface area contributed by atoms with Crippen LogP contribution in [0, 0.1) is 5.82 Å². The highest BCUT2D eigenvalue weighted by Gasteiger charge is 2.19. The first-order valence-electron chi connectivity index (χ1n) is 4.37. The topological polar surface area (TPSA) is 61.3 Å². The number of hydrogen-bond acceptors (Lipinski definition) is 4. The van der Waals surface area contributed by atoms with Gasteiger partial charge in [0.15, 0.2) is 0 Å². The molecule has 1 aromatic heterocycles. The van der Waals surface area contributed by atoms with Crippen LogP contribution in [0.2, 0.25) is 5.02 Å². The van der Waals surface area contributed by atoms with Crippen LogP contribution >= 0.6 is 11.6 Å². The van der Waals surface area contributed by atoms with Crippen LogP contribution in [0.25, 0.3) is 11.1 Å². The van der Waals surface area contributed by atoms with Crippen molar-refractivity contribution in [3.8, 4) is 16.9 Å². The predicted molar refractivity (Wildman–Crippen MR) is 57.9 cm³/mol. The van der Waals surface area contributed by atoms with Crippen molar-refractivity contribution < 1.29 is 13.7 Å². The van der Waals surface area contributed by atoms with Gasteiger partial charge in [-0.15, -0.1) is 0 Å². The molecule has 0 saturated carbocycles. The van der Waals surface area contributed by atoms with Crippen molar-refractivity contribution >= 4 is 17.5 Å². The lowest BCUT2D eigenvalue weighted by molar-refractivity contribution is 0.413. The summed E-state index contributed by atoms with van der Waals surface area (Å²) in [7, 11) is 1.40. The number of anilines is 1. The third-order valence-corrected chi connectivity index (χ3v) is 2.43. The van der Waals surface area contributed by atoms with Crippen LogP contribution in [0.4, 0.5) is 10.3 Å². The van der Waals surface area contributed by atoms with Crippen LogP contribution in [0.15, 0.2) is 22.9 Å². The summed E-state index contributed by atoms with van der Waals surface area (Å²) >= 11 is 5.89. The summed E-state index contributed by atoms with van der Waals surface area (Å²) < 4.78 is 23.4. The van der Waals surface area contributed by atoms with Crippen LogP contribution in [-0.4, -0.2) is 12.3 Å². The van der Waals surface area contributed by atoms with E-state index in [2.05, 4.69) is 9.68 Å². The summed E-state index contributed by atoms with van der Waals surface area (Å²) in [6, 6.07) is 2.63. The molecule has 0 aliphatic carbocycles. The highest BCUT2D eigenvalue weighted by Crippen LogP contribution is 2.40. The molecule has 0 fully saturated rings. The molecule has 0 aliphatic rings. The zero-order valence-electron chi connectivity index (χ0n) is 8.33. The quantitative estimate of drug-likeness (QED) is 0.880. The third-order valence-electron chi connectivity index (χ3n) is 2.13. The second kappa shape index (κ2) is 4.02. The van der Waals surface area contributed by atoms with Gasteiger partial charge < -0.3 is 15.0 Å². The molecular formula is C10H8ClFN2O2. The first kappa shape index (κ1) is 10.8. The molecule has 2 N–H and O–H groups in total. The van der Waals surface area contributed by atoms with Gasteiger partial charge in [-0.2, -0.15) is 0 Å². The van der Waals surface area contributed by atoms with E-state index in [9.17, 15) is 4.39 Å². The van der Waals surface area contributed by atoms with Gasteiger partial charge in [0.25, 0.3) is 0 Å². The van der Waals surface area contributed by atoms with Gasteiger partial charge in [0.1, 0.15) is 11.6 Å². The Kier molecular flexibility index (Phi) is 2.70. The number of rotatable bonds is 2. The summed E-state index contributed by atoms with van der Waals surface area (Å²) in [5, 5.41) is 3.77. The van der Waals surface area contributed by atoms with Crippen LogP contribution in [0.5, 0.6) is 5.75 Å². The molecule has 16 heavy (non-hydrogen) atoms. The van der Waals surface area contributed by atoms with Crippen LogP contribution in [0.1, 0.15) is 0 Å². The smallest absolute Gasteiger partial charge is 0.230 e. The normalized spacial score (nSPS) is 10.4. The van der Waals surface area contributed by atoms with E-state index in [-0.39, 0.29) is 17.2 Å². The zero-order valence-corrected chi connectivity index (χ0v) is 9.08. The number of methoxy groups -OCH3 is 1. The van der Waals surface area contributed by atoms with Crippen molar-refractivity contribution in [1.82, 2.24) is 5.16 Å². The van der Waals surface area contributed by atoms with Gasteiger partial charge in [0.05, 0.1) is 29.5 Å². The summed E-state index contributed by atoms with van der Waals surface area (Å²) in [4.78, 5) is 0. The van der Waals surface area contributed by atoms with Crippen molar-refractivity contribution in [2.45, 2.75) is 0 Å². The Morgan fingerprint density at radius 2 is 2.25 bits per heavy atom. The maximum atomic E-state index is 13.7. The molecule has 0 radical (unpaired) electrons. The Morgan fingerprint density at radius 1 is 1.50 bits per heavy atom. The van der Waals surface area contributed by atoms with E-state index >= 15 is 0 Å². The van der Waals surface area contributed by atoms with Gasteiger partial charge in [-0.1, -0.05) is 16.8 Å². The van der Waals surface area contributed by atoms with Crippen LogP contribution in [0.3, 0.4) is 0 Å². The Morgan fingerprint density at radius 3 is 2.81 bits per heavy atom. The molecule has 0 saturated heterocycles. The number of benzene rings is 1. The highest BCUT2D eigenvalue weighted by molar-refractivity contribution is 6.32. The van der Waals surface area contributed by atoms with E-state index in [4.69, 9.17) is 22.1 Å². The molecule has 0 unspecified atom stereocenters. The Bertz CT molecular complexity index is 528. The van der Waals surface area contributed by atoms with Gasteiger partial charge >= 0.3 is 0 Å². The average molecular weight is 243 g/mol. The molecule has 1 aromatic carbocycles. The third kappa shape index (κ3) is 1.59. The predicted octanol–water partition coefficient (Wildman–Crippen LogP) is 2.72. The minimum Gasteiger partial charge on any atom is -0.494 e. The van der Waals surface area contributed by atoms with E-state index in [1.807, 2.05) is 0 Å². The lowest BCUT2D eigenvalue weighted by atomic mass is 10.1. The fourth-order valence-electron chi connectivity index (χ4n) is 1.42. The number of aromatic nitrogens is 1. The van der Waals surface area contributed by atoms with Crippen molar-refractivity contribution in [2.75, 3.05) is 12.8 Å². The van der Waals surface area contributed by atoms with Gasteiger partial charge in [-0.05, 0) is 12.1 Å². The summed E-state index contributed by atoms with van der Waals surface area (Å²) in [6.45, 7) is 0. The minimum atomic E-state index is -0.504. The number of halogens is 2. The second-order valence-electron chi connectivity index (χ2n) is 3.04. The summed E-state index contributed by atoms with van der Waals surface area (Å²) in [5.41, 5.74) is 5.98. The number of nitrogen functional groups attached to an aromatic ring is 1. The molecule has 0 spiro atoms. The Hall–Kier alpha value is -1.75. The number of ether oxygens (including phenoxy) is 1. The highest BCUT2D eigenvalue weighted by atomic mass is 35.5. The van der Waals surface area contributed by atoms with Crippen LogP contribution in [-0.2, 0) is 0 Å². The van der Waals surface area contributed by atoms with Gasteiger partial charge in [0, 0.05) is 0 Å². The number of hydrogen-bond donors (Lipinski definition) is 1.